The third-order valence-electron chi connectivity index (χ3n) is 12.6. The normalized spacial score (nSPS) is 12.2. The lowest BCUT2D eigenvalue weighted by atomic mass is 10.0. The summed E-state index contributed by atoms with van der Waals surface area (Å²) in [4.78, 5) is 38.1. The smallest absolute Gasteiger partial charge is 0.306 e. The molecule has 0 aliphatic rings. The van der Waals surface area contributed by atoms with Gasteiger partial charge >= 0.3 is 17.9 Å². The quantitative estimate of drug-likeness (QED) is 0.0199. The van der Waals surface area contributed by atoms with Crippen LogP contribution in [0.2, 0.25) is 0 Å². The number of allylic oxidation sites excluding steroid dienone is 6. The third kappa shape index (κ3) is 52.5. The predicted octanol–water partition coefficient (Wildman–Crippen LogP) is 18.9. The van der Waals surface area contributed by atoms with Gasteiger partial charge in [-0.15, -0.1) is 0 Å². The molecule has 0 saturated heterocycles. The Morgan fingerprint density at radius 3 is 0.877 bits per heavy atom. The molecule has 6 nitrogen and oxygen atoms in total. The highest BCUT2D eigenvalue weighted by Crippen LogP contribution is 2.16. The van der Waals surface area contributed by atoms with Crippen LogP contribution in [-0.2, 0) is 28.6 Å². The summed E-state index contributed by atoms with van der Waals surface area (Å²) in [6, 6.07) is 0. The molecule has 0 spiro atoms. The monoisotopic (exact) mass is 913 g/mol. The molecule has 0 aromatic rings. The van der Waals surface area contributed by atoms with E-state index in [1.165, 1.54) is 186 Å². The van der Waals surface area contributed by atoms with Gasteiger partial charge in [-0.2, -0.15) is 0 Å². The van der Waals surface area contributed by atoms with E-state index in [9.17, 15) is 14.4 Å². The van der Waals surface area contributed by atoms with Crippen molar-refractivity contribution in [1.29, 1.82) is 0 Å². The maximum Gasteiger partial charge on any atom is 0.306 e. The number of ether oxygens (including phenoxy) is 3. The molecule has 1 atom stereocenters. The van der Waals surface area contributed by atoms with Gasteiger partial charge in [0.1, 0.15) is 13.2 Å². The van der Waals surface area contributed by atoms with Crippen LogP contribution in [0.5, 0.6) is 0 Å². The zero-order valence-corrected chi connectivity index (χ0v) is 43.5. The summed E-state index contributed by atoms with van der Waals surface area (Å²) in [6.45, 7) is 6.64. The summed E-state index contributed by atoms with van der Waals surface area (Å²) in [5.74, 6) is -0.880. The van der Waals surface area contributed by atoms with Crippen LogP contribution in [0.25, 0.3) is 0 Å². The van der Waals surface area contributed by atoms with Gasteiger partial charge < -0.3 is 14.2 Å². The van der Waals surface area contributed by atoms with Crippen LogP contribution in [-0.4, -0.2) is 37.2 Å². The maximum absolute atomic E-state index is 12.8. The van der Waals surface area contributed by atoms with Crippen molar-refractivity contribution in [3.8, 4) is 0 Å². The van der Waals surface area contributed by atoms with Crippen LogP contribution in [0.4, 0.5) is 0 Å². The minimum atomic E-state index is -0.777. The van der Waals surface area contributed by atoms with E-state index in [0.29, 0.717) is 19.3 Å². The molecule has 380 valence electrons. The molecule has 1 unspecified atom stereocenters. The van der Waals surface area contributed by atoms with Crippen molar-refractivity contribution in [1.82, 2.24) is 0 Å². The molecule has 0 aromatic heterocycles. The third-order valence-corrected chi connectivity index (χ3v) is 12.6. The summed E-state index contributed by atoms with van der Waals surface area (Å²) in [5.41, 5.74) is 0. The number of carbonyl (C=O) groups excluding carboxylic acids is 3. The van der Waals surface area contributed by atoms with Crippen molar-refractivity contribution in [3.63, 3.8) is 0 Å². The molecule has 0 aliphatic carbocycles. The van der Waals surface area contributed by atoms with Crippen molar-refractivity contribution in [2.75, 3.05) is 13.2 Å². The second-order valence-electron chi connectivity index (χ2n) is 19.2. The van der Waals surface area contributed by atoms with Gasteiger partial charge in [0.05, 0.1) is 0 Å². The Morgan fingerprint density at radius 2 is 0.554 bits per heavy atom. The van der Waals surface area contributed by atoms with Gasteiger partial charge in [0, 0.05) is 19.3 Å². The number of esters is 3. The van der Waals surface area contributed by atoms with Crippen LogP contribution in [0.15, 0.2) is 36.5 Å². The van der Waals surface area contributed by atoms with E-state index in [2.05, 4.69) is 57.2 Å². The van der Waals surface area contributed by atoms with Gasteiger partial charge in [0.25, 0.3) is 0 Å². The highest BCUT2D eigenvalue weighted by molar-refractivity contribution is 5.71. The van der Waals surface area contributed by atoms with Gasteiger partial charge in [-0.25, -0.2) is 0 Å². The fourth-order valence-electron chi connectivity index (χ4n) is 8.31. The van der Waals surface area contributed by atoms with Gasteiger partial charge in [-0.1, -0.05) is 250 Å². The Kier molecular flexibility index (Phi) is 52.3. The average molecular weight is 914 g/mol. The Labute approximate surface area is 404 Å². The fraction of sp³-hybridized carbons (Fsp3) is 0.847. The number of unbranched alkanes of at least 4 members (excludes halogenated alkanes) is 36. The Bertz CT molecular complexity index is 1090. The molecular weight excluding hydrogens is 805 g/mol. The van der Waals surface area contributed by atoms with Crippen LogP contribution < -0.4 is 0 Å². The first-order valence-electron chi connectivity index (χ1n) is 28.5. The minimum absolute atomic E-state index is 0.0755. The van der Waals surface area contributed by atoms with Crippen molar-refractivity contribution < 1.29 is 28.6 Å². The van der Waals surface area contributed by atoms with Gasteiger partial charge in [-0.3, -0.25) is 14.4 Å². The standard InChI is InChI=1S/C59H108O6/c1-4-7-10-13-16-19-22-25-28-29-30-32-34-37-40-43-46-49-52-58(61)64-55-56(54-63-57(60)51-48-45-42-39-36-33-27-24-21-18-15-12-9-6-3)65-59(62)53-50-47-44-41-38-35-31-26-23-20-17-14-11-8-5-2/h20,23,28-30,32,56H,4-19,21-22,24-27,31,33-55H2,1-3H3/b23-20-,29-28-,32-30-. The first kappa shape index (κ1) is 62.6. The Hall–Kier alpha value is -2.37. The SMILES string of the molecule is CCCCCC/C=C\CCCCCCCCCC(=O)OC(COC(=O)CCCCCCC/C=C\C=C/CCCCCCCCC)COC(=O)CCCCCCCCCCCCCCCC. The summed E-state index contributed by atoms with van der Waals surface area (Å²) < 4.78 is 16.9. The van der Waals surface area contributed by atoms with E-state index in [-0.39, 0.29) is 31.1 Å². The fourth-order valence-corrected chi connectivity index (χ4v) is 8.31. The molecule has 65 heavy (non-hydrogen) atoms. The van der Waals surface area contributed by atoms with Crippen molar-refractivity contribution in [2.45, 2.75) is 309 Å². The molecule has 0 rings (SSSR count). The predicted molar refractivity (Wildman–Crippen MR) is 279 cm³/mol. The maximum atomic E-state index is 12.8. The Balaban J connectivity index is 4.37. The molecule has 0 aliphatic heterocycles. The molecule has 0 amide bonds. The summed E-state index contributed by atoms with van der Waals surface area (Å²) in [6.07, 6.45) is 64.1. The van der Waals surface area contributed by atoms with Crippen molar-refractivity contribution in [3.05, 3.63) is 36.5 Å². The van der Waals surface area contributed by atoms with Crippen LogP contribution in [0.3, 0.4) is 0 Å². The molecule has 0 radical (unpaired) electrons. The average Bonchev–Trinajstić information content (AvgIpc) is 3.30. The van der Waals surface area contributed by atoms with E-state index in [1.54, 1.807) is 0 Å². The summed E-state index contributed by atoms with van der Waals surface area (Å²) in [5, 5.41) is 0. The first-order valence-corrected chi connectivity index (χ1v) is 28.5. The van der Waals surface area contributed by atoms with Crippen molar-refractivity contribution >= 4 is 17.9 Å². The number of rotatable bonds is 52. The van der Waals surface area contributed by atoms with Gasteiger partial charge in [0.15, 0.2) is 6.10 Å². The lowest BCUT2D eigenvalue weighted by molar-refractivity contribution is -0.167. The zero-order valence-electron chi connectivity index (χ0n) is 43.5. The number of carbonyl (C=O) groups is 3. The minimum Gasteiger partial charge on any atom is -0.462 e. The highest BCUT2D eigenvalue weighted by atomic mass is 16.6. The molecule has 0 saturated carbocycles. The molecule has 0 heterocycles. The number of hydrogen-bond acceptors (Lipinski definition) is 6. The lowest BCUT2D eigenvalue weighted by Gasteiger charge is -2.18. The molecule has 0 fully saturated rings. The zero-order chi connectivity index (χ0) is 47.2. The molecule has 6 heteroatoms. The van der Waals surface area contributed by atoms with E-state index < -0.39 is 6.10 Å². The van der Waals surface area contributed by atoms with Crippen LogP contribution in [0, 0.1) is 0 Å². The summed E-state index contributed by atoms with van der Waals surface area (Å²) in [7, 11) is 0. The number of hydrogen-bond donors (Lipinski definition) is 0. The van der Waals surface area contributed by atoms with Gasteiger partial charge in [0.2, 0.25) is 0 Å². The summed E-state index contributed by atoms with van der Waals surface area (Å²) >= 11 is 0. The highest BCUT2D eigenvalue weighted by Gasteiger charge is 2.19. The second-order valence-corrected chi connectivity index (χ2v) is 19.2. The topological polar surface area (TPSA) is 78.9 Å². The van der Waals surface area contributed by atoms with E-state index in [4.69, 9.17) is 14.2 Å². The van der Waals surface area contributed by atoms with Crippen LogP contribution >= 0.6 is 0 Å². The molecular formula is C59H108O6. The van der Waals surface area contributed by atoms with E-state index >= 15 is 0 Å². The Morgan fingerprint density at radius 1 is 0.308 bits per heavy atom. The first-order chi connectivity index (χ1) is 32.0. The molecule has 0 bridgehead atoms. The second kappa shape index (κ2) is 54.2. The molecule has 0 aromatic carbocycles. The van der Waals surface area contributed by atoms with Gasteiger partial charge in [-0.05, 0) is 70.6 Å². The van der Waals surface area contributed by atoms with Crippen LogP contribution in [0.1, 0.15) is 303 Å². The largest absolute Gasteiger partial charge is 0.462 e. The lowest BCUT2D eigenvalue weighted by Crippen LogP contribution is -2.30. The van der Waals surface area contributed by atoms with E-state index in [1.807, 2.05) is 0 Å². The van der Waals surface area contributed by atoms with Crippen molar-refractivity contribution in [2.24, 2.45) is 0 Å². The molecule has 0 N–H and O–H groups in total. The van der Waals surface area contributed by atoms with E-state index in [0.717, 1.165) is 77.0 Å².